The van der Waals surface area contributed by atoms with Crippen LogP contribution in [-0.4, -0.2) is 22.0 Å². The van der Waals surface area contributed by atoms with Gasteiger partial charge in [-0.2, -0.15) is 0 Å². The second-order valence-electron chi connectivity index (χ2n) is 6.79. The number of carbonyl (C=O) groups is 1. The van der Waals surface area contributed by atoms with E-state index in [1.54, 1.807) is 12.5 Å². The van der Waals surface area contributed by atoms with Crippen LogP contribution in [0.1, 0.15) is 22.7 Å². The van der Waals surface area contributed by atoms with Crippen molar-refractivity contribution in [2.45, 2.75) is 19.1 Å². The number of nitrogens with one attached hydrogen (secondary N) is 3. The second-order valence-corrected chi connectivity index (χ2v) is 6.79. The summed E-state index contributed by atoms with van der Waals surface area (Å²) >= 11 is 0. The first kappa shape index (κ1) is 17.5. The fraction of sp³-hybridized carbons (Fsp3) is 0.238. The van der Waals surface area contributed by atoms with Crippen molar-refractivity contribution in [1.82, 2.24) is 25.7 Å². The van der Waals surface area contributed by atoms with Crippen molar-refractivity contribution in [2.24, 2.45) is 5.92 Å². The normalized spacial score (nSPS) is 19.1. The van der Waals surface area contributed by atoms with Crippen molar-refractivity contribution in [3.63, 3.8) is 0 Å². The zero-order valence-corrected chi connectivity index (χ0v) is 15.0. The molecule has 0 aliphatic carbocycles. The molecule has 6 nitrogen and oxygen atoms in total. The van der Waals surface area contributed by atoms with Crippen molar-refractivity contribution in [3.8, 4) is 0 Å². The van der Waals surface area contributed by atoms with Crippen molar-refractivity contribution < 1.29 is 4.79 Å². The number of benzene rings is 2. The number of carbonyl (C=O) groups excluding carboxylic acids is 1. The summed E-state index contributed by atoms with van der Waals surface area (Å²) < 4.78 is 2.03. The number of hydrogen-bond acceptors (Lipinski definition) is 4. The lowest BCUT2D eigenvalue weighted by atomic mass is 9.94. The summed E-state index contributed by atoms with van der Waals surface area (Å²) in [4.78, 5) is 16.7. The molecule has 1 aromatic heterocycles. The first-order chi connectivity index (χ1) is 13.3. The van der Waals surface area contributed by atoms with Crippen LogP contribution in [0, 0.1) is 5.92 Å². The van der Waals surface area contributed by atoms with E-state index < -0.39 is 0 Å². The Morgan fingerprint density at radius 2 is 1.89 bits per heavy atom. The van der Waals surface area contributed by atoms with E-state index in [1.807, 2.05) is 41.1 Å². The Labute approximate surface area is 158 Å². The quantitative estimate of drug-likeness (QED) is 0.628. The molecule has 2 atom stereocenters. The Kier molecular flexibility index (Phi) is 5.27. The van der Waals surface area contributed by atoms with Gasteiger partial charge in [0.25, 0.3) is 0 Å². The van der Waals surface area contributed by atoms with Crippen LogP contribution in [-0.2, 0) is 17.9 Å². The van der Waals surface area contributed by atoms with E-state index in [0.29, 0.717) is 13.1 Å². The monoisotopic (exact) mass is 361 g/mol. The van der Waals surface area contributed by atoms with Crippen molar-refractivity contribution in [3.05, 3.63) is 90.0 Å². The molecule has 3 N–H and O–H groups in total. The molecule has 0 spiro atoms. The molecule has 6 heteroatoms. The molecule has 1 amide bonds. The largest absolute Gasteiger partial charge is 0.352 e. The third-order valence-electron chi connectivity index (χ3n) is 4.89. The van der Waals surface area contributed by atoms with Crippen LogP contribution in [0.4, 0.5) is 0 Å². The molecule has 0 saturated carbocycles. The van der Waals surface area contributed by atoms with Gasteiger partial charge < -0.3 is 9.88 Å². The van der Waals surface area contributed by atoms with Gasteiger partial charge in [-0.15, -0.1) is 0 Å². The number of hydrazine groups is 1. The van der Waals surface area contributed by atoms with E-state index in [4.69, 9.17) is 0 Å². The van der Waals surface area contributed by atoms with Gasteiger partial charge in [-0.05, 0) is 16.7 Å². The predicted molar refractivity (Wildman–Crippen MR) is 103 cm³/mol. The van der Waals surface area contributed by atoms with Crippen LogP contribution in [0.2, 0.25) is 0 Å². The highest BCUT2D eigenvalue weighted by Gasteiger charge is 2.33. The maximum atomic E-state index is 12.7. The molecule has 2 unspecified atom stereocenters. The van der Waals surface area contributed by atoms with Crippen LogP contribution in [0.5, 0.6) is 0 Å². The highest BCUT2D eigenvalue weighted by Crippen LogP contribution is 2.24. The lowest BCUT2D eigenvalue weighted by Crippen LogP contribution is -2.34. The van der Waals surface area contributed by atoms with Crippen molar-refractivity contribution >= 4 is 5.91 Å². The smallest absolute Gasteiger partial charge is 0.226 e. The van der Waals surface area contributed by atoms with Crippen LogP contribution in [0.25, 0.3) is 0 Å². The van der Waals surface area contributed by atoms with Crippen LogP contribution in [0.3, 0.4) is 0 Å². The molecular weight excluding hydrogens is 338 g/mol. The first-order valence-corrected chi connectivity index (χ1v) is 9.14. The summed E-state index contributed by atoms with van der Waals surface area (Å²) in [6.07, 6.45) is 5.53. The number of imidazole rings is 1. The molecule has 27 heavy (non-hydrogen) atoms. The van der Waals surface area contributed by atoms with E-state index in [0.717, 1.165) is 17.7 Å². The van der Waals surface area contributed by atoms with E-state index >= 15 is 0 Å². The van der Waals surface area contributed by atoms with Crippen LogP contribution in [0.15, 0.2) is 73.3 Å². The molecule has 138 valence electrons. The molecule has 1 aliphatic rings. The van der Waals surface area contributed by atoms with Crippen LogP contribution >= 0.6 is 0 Å². The Balaban J connectivity index is 1.33. The van der Waals surface area contributed by atoms with Gasteiger partial charge in [0, 0.05) is 32.0 Å². The second kappa shape index (κ2) is 8.16. The molecule has 1 aliphatic heterocycles. The number of nitrogens with zero attached hydrogens (tertiary/aromatic N) is 2. The third-order valence-corrected chi connectivity index (χ3v) is 4.89. The molecule has 4 rings (SSSR count). The lowest BCUT2D eigenvalue weighted by Gasteiger charge is -2.18. The highest BCUT2D eigenvalue weighted by atomic mass is 16.2. The zero-order chi connectivity index (χ0) is 18.5. The van der Waals surface area contributed by atoms with E-state index in [2.05, 4.69) is 45.4 Å². The summed E-state index contributed by atoms with van der Waals surface area (Å²) in [7, 11) is 0. The predicted octanol–water partition coefficient (Wildman–Crippen LogP) is 2.01. The van der Waals surface area contributed by atoms with E-state index in [9.17, 15) is 4.79 Å². The fourth-order valence-corrected chi connectivity index (χ4v) is 3.39. The molecule has 1 fully saturated rings. The maximum Gasteiger partial charge on any atom is 0.226 e. The Hall–Kier alpha value is -2.96. The topological polar surface area (TPSA) is 71.0 Å². The Bertz CT molecular complexity index is 861. The van der Waals surface area contributed by atoms with Gasteiger partial charge in [0.2, 0.25) is 5.91 Å². The van der Waals surface area contributed by atoms with Gasteiger partial charge in [-0.3, -0.25) is 10.2 Å². The average molecular weight is 361 g/mol. The fourth-order valence-electron chi connectivity index (χ4n) is 3.39. The number of hydrogen-bond donors (Lipinski definition) is 3. The molecule has 0 bridgehead atoms. The van der Waals surface area contributed by atoms with E-state index in [-0.39, 0.29) is 17.9 Å². The molecule has 1 saturated heterocycles. The van der Waals surface area contributed by atoms with Gasteiger partial charge in [-0.1, -0.05) is 54.6 Å². The molecule has 2 aromatic carbocycles. The minimum atomic E-state index is -0.132. The van der Waals surface area contributed by atoms with Crippen molar-refractivity contribution in [2.75, 3.05) is 6.54 Å². The van der Waals surface area contributed by atoms with Crippen LogP contribution < -0.4 is 16.2 Å². The van der Waals surface area contributed by atoms with Crippen molar-refractivity contribution in [1.29, 1.82) is 0 Å². The van der Waals surface area contributed by atoms with Gasteiger partial charge in [0.15, 0.2) is 0 Å². The minimum Gasteiger partial charge on any atom is -0.352 e. The minimum absolute atomic E-state index is 0.0104. The zero-order valence-electron chi connectivity index (χ0n) is 15.0. The first-order valence-electron chi connectivity index (χ1n) is 9.14. The van der Waals surface area contributed by atoms with Gasteiger partial charge >= 0.3 is 0 Å². The van der Waals surface area contributed by atoms with Gasteiger partial charge in [0.1, 0.15) is 0 Å². The Morgan fingerprint density at radius 1 is 1.11 bits per heavy atom. The van der Waals surface area contributed by atoms with E-state index in [1.165, 1.54) is 5.56 Å². The number of aromatic nitrogens is 2. The summed E-state index contributed by atoms with van der Waals surface area (Å²) in [5.41, 5.74) is 9.74. The number of amides is 1. The third kappa shape index (κ3) is 4.24. The molecule has 3 aromatic rings. The Morgan fingerprint density at radius 3 is 2.63 bits per heavy atom. The standard InChI is InChI=1S/C21H23N5O/c27-21(19-13-24-25-20(19)18-4-2-1-3-5-18)23-12-16-6-8-17(9-7-16)14-26-11-10-22-15-26/h1-11,15,19-20,24-25H,12-14H2,(H,23,27). The summed E-state index contributed by atoms with van der Waals surface area (Å²) in [6, 6.07) is 18.4. The SMILES string of the molecule is O=C(NCc1ccc(Cn2ccnc2)cc1)C1CNNC1c1ccccc1. The van der Waals surface area contributed by atoms with Gasteiger partial charge in [0.05, 0.1) is 18.3 Å². The molecular formula is C21H23N5O. The summed E-state index contributed by atoms with van der Waals surface area (Å²) in [5, 5.41) is 3.07. The summed E-state index contributed by atoms with van der Waals surface area (Å²) in [5.74, 6) is -0.0724. The maximum absolute atomic E-state index is 12.7. The molecule has 0 radical (unpaired) electrons. The summed E-state index contributed by atoms with van der Waals surface area (Å²) in [6.45, 7) is 1.95. The lowest BCUT2D eigenvalue weighted by molar-refractivity contribution is -0.125. The van der Waals surface area contributed by atoms with Gasteiger partial charge in [-0.25, -0.2) is 10.4 Å². The molecule has 2 heterocycles. The highest BCUT2D eigenvalue weighted by molar-refractivity contribution is 5.80. The number of rotatable bonds is 6. The average Bonchev–Trinajstić information content (AvgIpc) is 3.40.